The summed E-state index contributed by atoms with van der Waals surface area (Å²) in [6.45, 7) is 0.176. The number of aromatic nitrogens is 1. The molecule has 0 unspecified atom stereocenters. The van der Waals surface area contributed by atoms with Gasteiger partial charge in [0, 0.05) is 6.20 Å². The van der Waals surface area contributed by atoms with Crippen LogP contribution in [0.4, 0.5) is 5.69 Å². The van der Waals surface area contributed by atoms with Crippen molar-refractivity contribution >= 4 is 5.69 Å². The van der Waals surface area contributed by atoms with Crippen molar-refractivity contribution in [2.45, 2.75) is 44.1 Å². The molecule has 0 aliphatic heterocycles. The number of nitro groups is 1. The highest BCUT2D eigenvalue weighted by Crippen LogP contribution is 2.30. The maximum atomic E-state index is 11.1. The molecule has 1 aliphatic rings. The lowest BCUT2D eigenvalue weighted by Crippen LogP contribution is -2.45. The molecule has 0 bridgehead atoms. The van der Waals surface area contributed by atoms with Crippen LogP contribution in [0.5, 0.6) is 5.88 Å². The Hall–Kier alpha value is -2.20. The predicted octanol–water partition coefficient (Wildman–Crippen LogP) is 2.29. The van der Waals surface area contributed by atoms with E-state index in [4.69, 9.17) is 15.7 Å². The van der Waals surface area contributed by atoms with E-state index in [9.17, 15) is 10.1 Å². The maximum absolute atomic E-state index is 11.1. The van der Waals surface area contributed by atoms with Gasteiger partial charge in [0.2, 0.25) is 0 Å². The summed E-state index contributed by atoms with van der Waals surface area (Å²) in [5.41, 5.74) is 5.39. The quantitative estimate of drug-likeness (QED) is 0.516. The monoisotopic (exact) mass is 290 g/mol. The SMILES string of the molecule is N#Cc1ccnc(OCC2(N)CCCCCC2)c1[N+](=O)[O-]. The average molecular weight is 290 g/mol. The van der Waals surface area contributed by atoms with Crippen LogP contribution in [0.2, 0.25) is 0 Å². The van der Waals surface area contributed by atoms with Crippen LogP contribution < -0.4 is 10.5 Å². The first-order chi connectivity index (χ1) is 10.1. The summed E-state index contributed by atoms with van der Waals surface area (Å²) in [6, 6.07) is 3.08. The van der Waals surface area contributed by atoms with Gasteiger partial charge in [0.15, 0.2) is 0 Å². The maximum Gasteiger partial charge on any atom is 0.348 e. The fourth-order valence-electron chi connectivity index (χ4n) is 2.60. The number of nitriles is 1. The molecular weight excluding hydrogens is 272 g/mol. The molecule has 1 aromatic heterocycles. The molecule has 112 valence electrons. The number of nitrogens with zero attached hydrogens (tertiary/aromatic N) is 3. The summed E-state index contributed by atoms with van der Waals surface area (Å²) in [5, 5.41) is 20.0. The minimum atomic E-state index is -0.642. The second-order valence-electron chi connectivity index (χ2n) is 5.45. The van der Waals surface area contributed by atoms with Crippen molar-refractivity contribution in [3.8, 4) is 11.9 Å². The van der Waals surface area contributed by atoms with Crippen molar-refractivity contribution in [3.63, 3.8) is 0 Å². The van der Waals surface area contributed by atoms with Gasteiger partial charge in [-0.3, -0.25) is 10.1 Å². The molecule has 2 N–H and O–H groups in total. The Bertz CT molecular complexity index is 560. The zero-order chi connectivity index (χ0) is 15.3. The minimum absolute atomic E-state index is 0.0584. The Labute approximate surface area is 122 Å². The molecule has 1 aliphatic carbocycles. The van der Waals surface area contributed by atoms with Crippen LogP contribution in [0.1, 0.15) is 44.1 Å². The Balaban J connectivity index is 2.16. The lowest BCUT2D eigenvalue weighted by Gasteiger charge is -2.27. The van der Waals surface area contributed by atoms with Gasteiger partial charge in [-0.25, -0.2) is 4.98 Å². The van der Waals surface area contributed by atoms with Crippen molar-refractivity contribution < 1.29 is 9.66 Å². The molecule has 21 heavy (non-hydrogen) atoms. The van der Waals surface area contributed by atoms with Crippen LogP contribution in [-0.4, -0.2) is 22.1 Å². The molecule has 0 aromatic carbocycles. The van der Waals surface area contributed by atoms with Crippen molar-refractivity contribution in [2.24, 2.45) is 5.73 Å². The summed E-state index contributed by atoms with van der Waals surface area (Å²) in [7, 11) is 0. The number of ether oxygens (including phenoxy) is 1. The van der Waals surface area contributed by atoms with Crippen molar-refractivity contribution in [2.75, 3.05) is 6.61 Å². The van der Waals surface area contributed by atoms with Crippen LogP contribution in [0.25, 0.3) is 0 Å². The van der Waals surface area contributed by atoms with E-state index in [1.807, 2.05) is 0 Å². The van der Waals surface area contributed by atoms with E-state index in [0.29, 0.717) is 0 Å². The summed E-state index contributed by atoms with van der Waals surface area (Å²) >= 11 is 0. The number of pyridine rings is 1. The number of rotatable bonds is 4. The van der Waals surface area contributed by atoms with E-state index < -0.39 is 16.1 Å². The fraction of sp³-hybridized carbons (Fsp3) is 0.571. The molecule has 0 spiro atoms. The molecule has 7 nitrogen and oxygen atoms in total. The second-order valence-corrected chi connectivity index (χ2v) is 5.45. The van der Waals surface area contributed by atoms with Gasteiger partial charge in [0.05, 0.1) is 10.5 Å². The van der Waals surface area contributed by atoms with Crippen molar-refractivity contribution in [1.29, 1.82) is 5.26 Å². The standard InChI is InChI=1S/C14H18N4O3/c15-9-11-5-8-17-13(12(11)18(19)20)21-10-14(16)6-3-1-2-4-7-14/h5,8H,1-4,6-7,10,16H2. The lowest BCUT2D eigenvalue weighted by atomic mass is 9.93. The van der Waals surface area contributed by atoms with E-state index in [2.05, 4.69) is 4.98 Å². The van der Waals surface area contributed by atoms with E-state index in [1.54, 1.807) is 6.07 Å². The average Bonchev–Trinajstić information content (AvgIpc) is 2.69. The third-order valence-corrected chi connectivity index (χ3v) is 3.79. The van der Waals surface area contributed by atoms with Gasteiger partial charge in [-0.1, -0.05) is 25.7 Å². The Kier molecular flexibility index (Phi) is 4.70. The molecule has 2 rings (SSSR count). The number of nitrogens with two attached hydrogens (primary N) is 1. The first kappa shape index (κ1) is 15.2. The Morgan fingerprint density at radius 3 is 2.67 bits per heavy atom. The summed E-state index contributed by atoms with van der Waals surface area (Å²) in [5.74, 6) is -0.131. The van der Waals surface area contributed by atoms with E-state index >= 15 is 0 Å². The molecule has 1 fully saturated rings. The van der Waals surface area contributed by atoms with E-state index in [-0.39, 0.29) is 18.1 Å². The lowest BCUT2D eigenvalue weighted by molar-refractivity contribution is -0.386. The van der Waals surface area contributed by atoms with Crippen LogP contribution in [0, 0.1) is 21.4 Å². The number of hydrogen-bond donors (Lipinski definition) is 1. The van der Waals surface area contributed by atoms with Gasteiger partial charge in [0.25, 0.3) is 5.88 Å². The van der Waals surface area contributed by atoms with Gasteiger partial charge in [0.1, 0.15) is 18.2 Å². The number of hydrogen-bond acceptors (Lipinski definition) is 6. The largest absolute Gasteiger partial charge is 0.471 e. The zero-order valence-corrected chi connectivity index (χ0v) is 11.7. The van der Waals surface area contributed by atoms with E-state index in [0.717, 1.165) is 38.5 Å². The smallest absolute Gasteiger partial charge is 0.348 e. The second kappa shape index (κ2) is 6.50. The summed E-state index contributed by atoms with van der Waals surface area (Å²) in [6.07, 6.45) is 7.37. The highest BCUT2D eigenvalue weighted by molar-refractivity contribution is 5.54. The first-order valence-electron chi connectivity index (χ1n) is 7.01. The molecule has 0 saturated heterocycles. The van der Waals surface area contributed by atoms with Gasteiger partial charge in [-0.05, 0) is 18.9 Å². The fourth-order valence-corrected chi connectivity index (χ4v) is 2.60. The van der Waals surface area contributed by atoms with Crippen LogP contribution >= 0.6 is 0 Å². The molecule has 1 aromatic rings. The van der Waals surface area contributed by atoms with Gasteiger partial charge < -0.3 is 10.5 Å². The molecule has 1 saturated carbocycles. The van der Waals surface area contributed by atoms with E-state index in [1.165, 1.54) is 12.3 Å². The highest BCUT2D eigenvalue weighted by atomic mass is 16.6. The summed E-state index contributed by atoms with van der Waals surface area (Å²) in [4.78, 5) is 14.3. The first-order valence-corrected chi connectivity index (χ1v) is 7.01. The van der Waals surface area contributed by atoms with Crippen LogP contribution in [-0.2, 0) is 0 Å². The molecular formula is C14H18N4O3. The normalized spacial score (nSPS) is 17.5. The highest BCUT2D eigenvalue weighted by Gasteiger charge is 2.30. The third-order valence-electron chi connectivity index (χ3n) is 3.79. The van der Waals surface area contributed by atoms with Crippen molar-refractivity contribution in [1.82, 2.24) is 4.98 Å². The Morgan fingerprint density at radius 1 is 1.43 bits per heavy atom. The molecule has 0 radical (unpaired) electrons. The molecule has 0 atom stereocenters. The molecule has 0 amide bonds. The zero-order valence-electron chi connectivity index (χ0n) is 11.7. The van der Waals surface area contributed by atoms with Gasteiger partial charge in [-0.15, -0.1) is 0 Å². The topological polar surface area (TPSA) is 115 Å². The minimum Gasteiger partial charge on any atom is -0.471 e. The predicted molar refractivity (Wildman–Crippen MR) is 75.7 cm³/mol. The summed E-state index contributed by atoms with van der Waals surface area (Å²) < 4.78 is 5.51. The van der Waals surface area contributed by atoms with Crippen molar-refractivity contribution in [3.05, 3.63) is 27.9 Å². The molecule has 1 heterocycles. The van der Waals surface area contributed by atoms with Crippen LogP contribution in [0.3, 0.4) is 0 Å². The third kappa shape index (κ3) is 3.67. The Morgan fingerprint density at radius 2 is 2.10 bits per heavy atom. The van der Waals surface area contributed by atoms with Crippen LogP contribution in [0.15, 0.2) is 12.3 Å². The van der Waals surface area contributed by atoms with Gasteiger partial charge in [-0.2, -0.15) is 5.26 Å². The van der Waals surface area contributed by atoms with Gasteiger partial charge >= 0.3 is 5.69 Å². The molecule has 7 heteroatoms.